The maximum atomic E-state index is 8.12. The molecule has 3 aromatic rings. The van der Waals surface area contributed by atoms with E-state index in [1.54, 1.807) is 21.3 Å². The first-order valence-corrected chi connectivity index (χ1v) is 26.1. The highest BCUT2D eigenvalue weighted by Crippen LogP contribution is 2.54. The first kappa shape index (κ1) is 72.1. The van der Waals surface area contributed by atoms with E-state index in [9.17, 15) is 0 Å². The predicted molar refractivity (Wildman–Crippen MR) is 292 cm³/mol. The maximum Gasteiger partial charge on any atom is 0.373 e. The fraction of sp³-hybridized carbons (Fsp3) is 0.446. The summed E-state index contributed by atoms with van der Waals surface area (Å²) in [7, 11) is 5.03. The van der Waals surface area contributed by atoms with Gasteiger partial charge in [-0.1, -0.05) is 90.9 Å². The van der Waals surface area contributed by atoms with E-state index >= 15 is 0 Å². The largest absolute Gasteiger partial charge is 0.497 e. The predicted octanol–water partition coefficient (Wildman–Crippen LogP) is 8.84. The summed E-state index contributed by atoms with van der Waals surface area (Å²) in [6.07, 6.45) is 8.27. The Morgan fingerprint density at radius 2 is 0.687 bits per heavy atom. The molecule has 9 atom stereocenters. The quantitative estimate of drug-likeness (QED) is 0.171. The molecule has 438 valence electrons. The van der Waals surface area contributed by atoms with Crippen molar-refractivity contribution in [3.05, 3.63) is 123 Å². The molecule has 9 rings (SSSR count). The van der Waals surface area contributed by atoms with Crippen LogP contribution in [0, 0.1) is 64.1 Å². The molecule has 6 heterocycles. The number of benzene rings is 3. The van der Waals surface area contributed by atoms with Gasteiger partial charge in [0.2, 0.25) is 0 Å². The molecule has 18 nitrogen and oxygen atoms in total. The summed E-state index contributed by atoms with van der Waals surface area (Å²) in [4.78, 5) is 97.5. The fourth-order valence-electron chi connectivity index (χ4n) is 10.5. The average molecular weight is 1140 g/mol. The van der Waals surface area contributed by atoms with Crippen LogP contribution in [0.15, 0.2) is 106 Å². The monoisotopic (exact) mass is 1140 g/mol. The Balaban J connectivity index is 0.000000546. The van der Waals surface area contributed by atoms with Gasteiger partial charge in [0.1, 0.15) is 17.2 Å². The van der Waals surface area contributed by atoms with Gasteiger partial charge in [0.15, 0.2) is 0 Å². The van der Waals surface area contributed by atoms with E-state index in [1.807, 2.05) is 72.8 Å². The molecule has 6 aliphatic heterocycles. The third-order valence-electron chi connectivity index (χ3n) is 13.9. The molecule has 6 aliphatic rings. The smallest absolute Gasteiger partial charge is 0.373 e. The molecule has 3 aromatic carbocycles. The second-order valence-corrected chi connectivity index (χ2v) is 20.6. The molecule has 0 aromatic heterocycles. The Kier molecular flexibility index (Phi) is 32.3. The van der Waals surface area contributed by atoms with E-state index in [0.717, 1.165) is 66.0 Å². The van der Waals surface area contributed by atoms with Crippen molar-refractivity contribution in [2.75, 3.05) is 21.3 Å². The Labute approximate surface area is 484 Å². The summed E-state index contributed by atoms with van der Waals surface area (Å²) in [6.45, 7) is 22.6. The molecule has 83 heavy (non-hydrogen) atoms. The lowest BCUT2D eigenvalue weighted by atomic mass is 9.67. The SMILES string of the molecule is CCC1=C(CC)C2OC1CC2C#Cc1ccc(OC)cc1.COc1ccc(C#CC2CC3OC2C(C(C)(C)C)=C3C(C)(C)C)cc1.COc1ccc(C#CC2CC3OC2C(C)=C3C)cc1.O=C=O.O=C=O.O=C=O.O=C=O.O=C=O.O=C=O. The van der Waals surface area contributed by atoms with Crippen LogP contribution in [-0.2, 0) is 71.7 Å². The van der Waals surface area contributed by atoms with Crippen LogP contribution < -0.4 is 14.2 Å². The van der Waals surface area contributed by atoms with Crippen molar-refractivity contribution in [1.29, 1.82) is 0 Å². The van der Waals surface area contributed by atoms with Crippen LogP contribution in [0.25, 0.3) is 0 Å². The second kappa shape index (κ2) is 37.2. The van der Waals surface area contributed by atoms with Gasteiger partial charge in [-0.2, -0.15) is 57.5 Å². The van der Waals surface area contributed by atoms with E-state index in [1.165, 1.54) is 33.4 Å². The number of hydrogen-bond donors (Lipinski definition) is 0. The summed E-state index contributed by atoms with van der Waals surface area (Å²) < 4.78 is 34.0. The lowest BCUT2D eigenvalue weighted by Gasteiger charge is -2.35. The standard InChI is InChI=1S/C23H30O2.C19H22O2.C17H18O2.6CO2/c1-22(2,3)19-18-14-16(21(25-18)20(19)23(4,5)6)11-8-15-9-12-17(24-7)13-10-15;1-4-16-17(5-2)19-14(12-18(16)21-19)9-6-13-7-10-15(20-3)11-8-13;1-11-12(2)17-14(10-16(11)19-17)7-4-13-5-8-15(18-3)9-6-13;6*2-1-3/h9-10,12-13,16,18,21H,14H2,1-7H3;7-8,10-11,14,18-19H,4-5,12H2,1-3H3;5-6,8-9,14,16-17H,10H2,1-3H3;;;;;;. The first-order chi connectivity index (χ1) is 39.5. The zero-order valence-electron chi connectivity index (χ0n) is 49.0. The molecule has 3 saturated heterocycles. The summed E-state index contributed by atoms with van der Waals surface area (Å²) in [5.41, 5.74) is 12.2. The van der Waals surface area contributed by atoms with E-state index in [4.69, 9.17) is 86.0 Å². The van der Waals surface area contributed by atoms with Crippen molar-refractivity contribution >= 4 is 36.9 Å². The number of hydrogen-bond acceptors (Lipinski definition) is 18. The van der Waals surface area contributed by atoms with Gasteiger partial charge in [-0.25, -0.2) is 0 Å². The maximum absolute atomic E-state index is 8.12. The Hall–Kier alpha value is -8.88. The highest BCUT2D eigenvalue weighted by Gasteiger charge is 2.52. The highest BCUT2D eigenvalue weighted by atomic mass is 16.5. The van der Waals surface area contributed by atoms with Crippen LogP contribution in [0.4, 0.5) is 0 Å². The molecule has 0 saturated carbocycles. The van der Waals surface area contributed by atoms with Crippen LogP contribution in [0.2, 0.25) is 0 Å². The molecule has 0 radical (unpaired) electrons. The lowest BCUT2D eigenvalue weighted by Crippen LogP contribution is -2.31. The third-order valence-corrected chi connectivity index (χ3v) is 13.9. The molecule has 18 heteroatoms. The Morgan fingerprint density at radius 1 is 0.398 bits per heavy atom. The summed E-state index contributed by atoms with van der Waals surface area (Å²) >= 11 is 0. The summed E-state index contributed by atoms with van der Waals surface area (Å²) in [5, 5.41) is 0. The van der Waals surface area contributed by atoms with Crippen molar-refractivity contribution in [1.82, 2.24) is 0 Å². The lowest BCUT2D eigenvalue weighted by molar-refractivity contribution is -0.193. The van der Waals surface area contributed by atoms with Gasteiger partial charge in [0.25, 0.3) is 0 Å². The molecule has 0 spiro atoms. The van der Waals surface area contributed by atoms with E-state index in [0.29, 0.717) is 24.0 Å². The van der Waals surface area contributed by atoms with Gasteiger partial charge in [0, 0.05) is 16.7 Å². The van der Waals surface area contributed by atoms with Crippen molar-refractivity contribution < 1.29 is 86.0 Å². The van der Waals surface area contributed by atoms with E-state index < -0.39 is 0 Å². The van der Waals surface area contributed by atoms with E-state index in [2.05, 4.69) is 105 Å². The van der Waals surface area contributed by atoms with Crippen molar-refractivity contribution in [2.24, 2.45) is 28.6 Å². The molecule has 0 aliphatic carbocycles. The van der Waals surface area contributed by atoms with Gasteiger partial charge < -0.3 is 28.4 Å². The summed E-state index contributed by atoms with van der Waals surface area (Å²) in [5.74, 6) is 23.7. The van der Waals surface area contributed by atoms with Crippen LogP contribution in [0.5, 0.6) is 17.2 Å². The Morgan fingerprint density at radius 3 is 0.988 bits per heavy atom. The number of methoxy groups -OCH3 is 3. The minimum Gasteiger partial charge on any atom is -0.497 e. The van der Waals surface area contributed by atoms with Crippen molar-refractivity contribution in [2.45, 2.75) is 138 Å². The van der Waals surface area contributed by atoms with Gasteiger partial charge in [-0.05, 0) is 163 Å². The number of fused-ring (bicyclic) bond motifs is 6. The molecular formula is C65H70O18. The molecular weight excluding hydrogens is 1070 g/mol. The van der Waals surface area contributed by atoms with E-state index in [-0.39, 0.29) is 78.1 Å². The fourth-order valence-corrected chi connectivity index (χ4v) is 10.5. The number of ether oxygens (including phenoxy) is 6. The van der Waals surface area contributed by atoms with Crippen molar-refractivity contribution in [3.63, 3.8) is 0 Å². The number of carbonyl (C=O) groups excluding carboxylic acids is 12. The highest BCUT2D eigenvalue weighted by molar-refractivity contribution is 5.46. The van der Waals surface area contributed by atoms with Gasteiger partial charge >= 0.3 is 36.9 Å². The van der Waals surface area contributed by atoms with Crippen LogP contribution in [-0.4, -0.2) is 94.9 Å². The third kappa shape index (κ3) is 21.8. The molecule has 0 amide bonds. The van der Waals surface area contributed by atoms with Gasteiger partial charge in [0.05, 0.1) is 75.7 Å². The Bertz CT molecular complexity index is 2990. The molecule has 3 fully saturated rings. The van der Waals surface area contributed by atoms with Gasteiger partial charge in [-0.15, -0.1) is 0 Å². The van der Waals surface area contributed by atoms with Crippen molar-refractivity contribution in [3.8, 4) is 52.8 Å². The molecule has 0 N–H and O–H groups in total. The molecule has 6 bridgehead atoms. The normalized spacial score (nSPS) is 21.6. The van der Waals surface area contributed by atoms with Crippen LogP contribution >= 0.6 is 0 Å². The average Bonchev–Trinajstić information content (AvgIpc) is 4.06. The number of rotatable bonds is 5. The van der Waals surface area contributed by atoms with Crippen LogP contribution in [0.1, 0.15) is 118 Å². The summed E-state index contributed by atoms with van der Waals surface area (Å²) in [6, 6.07) is 23.7. The zero-order chi connectivity index (χ0) is 62.9. The van der Waals surface area contributed by atoms with Gasteiger partial charge in [-0.3, -0.25) is 0 Å². The first-order valence-electron chi connectivity index (χ1n) is 26.1. The topological polar surface area (TPSA) is 260 Å². The minimum absolute atomic E-state index is 0.114. The van der Waals surface area contributed by atoms with Crippen LogP contribution in [0.3, 0.4) is 0 Å². The zero-order valence-corrected chi connectivity index (χ0v) is 49.0. The minimum atomic E-state index is 0.114. The molecule has 9 unspecified atom stereocenters. The second-order valence-electron chi connectivity index (χ2n) is 20.6.